The van der Waals surface area contributed by atoms with Gasteiger partial charge in [-0.2, -0.15) is 0 Å². The third-order valence-electron chi connectivity index (χ3n) is 3.38. The van der Waals surface area contributed by atoms with Gasteiger partial charge in [0.1, 0.15) is 12.4 Å². The Kier molecular flexibility index (Phi) is 6.27. The number of benzene rings is 2. The minimum Gasteiger partial charge on any atom is -0.489 e. The van der Waals surface area contributed by atoms with Gasteiger partial charge in [-0.1, -0.05) is 47.1 Å². The molecule has 0 spiro atoms. The number of nitrogens with one attached hydrogen (secondary N) is 1. The van der Waals surface area contributed by atoms with Crippen LogP contribution in [0.25, 0.3) is 0 Å². The predicted molar refractivity (Wildman–Crippen MR) is 91.7 cm³/mol. The topological polar surface area (TPSA) is 21.3 Å². The summed E-state index contributed by atoms with van der Waals surface area (Å²) in [4.78, 5) is 0. The monoisotopic (exact) mass is 347 g/mol. The van der Waals surface area contributed by atoms with Crippen molar-refractivity contribution in [1.82, 2.24) is 5.32 Å². The van der Waals surface area contributed by atoms with Crippen LogP contribution in [0.4, 0.5) is 0 Å². The van der Waals surface area contributed by atoms with E-state index in [9.17, 15) is 0 Å². The highest BCUT2D eigenvalue weighted by atomic mass is 79.9. The fourth-order valence-electron chi connectivity index (χ4n) is 2.20. The zero-order valence-corrected chi connectivity index (χ0v) is 14.2. The molecule has 1 N–H and O–H groups in total. The zero-order valence-electron chi connectivity index (χ0n) is 12.7. The van der Waals surface area contributed by atoms with Crippen molar-refractivity contribution in [1.29, 1.82) is 0 Å². The lowest BCUT2D eigenvalue weighted by Crippen LogP contribution is -2.15. The molecule has 0 aromatic heterocycles. The molecule has 112 valence electrons. The Morgan fingerprint density at radius 2 is 1.86 bits per heavy atom. The van der Waals surface area contributed by atoms with Crippen molar-refractivity contribution in [2.45, 2.75) is 33.4 Å². The van der Waals surface area contributed by atoms with E-state index in [0.29, 0.717) is 6.61 Å². The molecule has 0 aliphatic heterocycles. The smallest absolute Gasteiger partial charge is 0.122 e. The van der Waals surface area contributed by atoms with Crippen LogP contribution in [0.15, 0.2) is 46.9 Å². The van der Waals surface area contributed by atoms with Crippen LogP contribution in [0.5, 0.6) is 5.75 Å². The largest absolute Gasteiger partial charge is 0.489 e. The lowest BCUT2D eigenvalue weighted by Gasteiger charge is -2.13. The summed E-state index contributed by atoms with van der Waals surface area (Å²) in [6.45, 7) is 6.79. The molecule has 0 aliphatic carbocycles. The molecule has 0 radical (unpaired) electrons. The number of rotatable bonds is 7. The van der Waals surface area contributed by atoms with Crippen LogP contribution in [-0.2, 0) is 13.2 Å². The van der Waals surface area contributed by atoms with Crippen molar-refractivity contribution >= 4 is 15.9 Å². The van der Waals surface area contributed by atoms with E-state index in [0.717, 1.165) is 35.3 Å². The molecule has 0 atom stereocenters. The lowest BCUT2D eigenvalue weighted by atomic mass is 10.1. The maximum Gasteiger partial charge on any atom is 0.122 e. The number of ether oxygens (including phenoxy) is 1. The van der Waals surface area contributed by atoms with Crippen molar-refractivity contribution < 1.29 is 4.74 Å². The van der Waals surface area contributed by atoms with Gasteiger partial charge in [-0.3, -0.25) is 0 Å². The summed E-state index contributed by atoms with van der Waals surface area (Å²) in [6.07, 6.45) is 1.15. The van der Waals surface area contributed by atoms with Crippen molar-refractivity contribution in [2.75, 3.05) is 6.54 Å². The van der Waals surface area contributed by atoms with E-state index >= 15 is 0 Å². The fraction of sp³-hybridized carbons (Fsp3) is 0.333. The van der Waals surface area contributed by atoms with Crippen LogP contribution in [0.1, 0.15) is 30.0 Å². The highest BCUT2D eigenvalue weighted by molar-refractivity contribution is 9.10. The number of halogens is 1. The van der Waals surface area contributed by atoms with E-state index in [1.165, 1.54) is 11.1 Å². The van der Waals surface area contributed by atoms with Gasteiger partial charge in [0.15, 0.2) is 0 Å². The van der Waals surface area contributed by atoms with E-state index in [1.54, 1.807) is 0 Å². The third kappa shape index (κ3) is 4.87. The van der Waals surface area contributed by atoms with E-state index < -0.39 is 0 Å². The summed E-state index contributed by atoms with van der Waals surface area (Å²) < 4.78 is 7.06. The Balaban J connectivity index is 2.02. The van der Waals surface area contributed by atoms with E-state index in [2.05, 4.69) is 65.4 Å². The molecule has 21 heavy (non-hydrogen) atoms. The maximum absolute atomic E-state index is 5.98. The first-order chi connectivity index (χ1) is 10.2. The number of hydrogen-bond donors (Lipinski definition) is 1. The maximum atomic E-state index is 5.98. The molecule has 0 aliphatic rings. The van der Waals surface area contributed by atoms with Crippen LogP contribution in [0.3, 0.4) is 0 Å². The molecule has 0 bridgehead atoms. The van der Waals surface area contributed by atoms with Gasteiger partial charge in [-0.25, -0.2) is 0 Å². The minimum absolute atomic E-state index is 0.604. The summed E-state index contributed by atoms with van der Waals surface area (Å²) in [5, 5.41) is 3.45. The number of hydrogen-bond acceptors (Lipinski definition) is 2. The summed E-state index contributed by atoms with van der Waals surface area (Å²) in [6, 6.07) is 14.5. The first kappa shape index (κ1) is 16.1. The second-order valence-corrected chi connectivity index (χ2v) is 6.06. The standard InChI is InChI=1S/C18H22BrNO/c1-3-10-20-12-15-6-4-5-7-16(15)13-21-18-9-8-17(19)11-14(18)2/h4-9,11,20H,3,10,12-13H2,1-2H3. The molecule has 2 rings (SSSR count). The van der Waals surface area contributed by atoms with Crippen molar-refractivity contribution in [3.8, 4) is 5.75 Å². The normalized spacial score (nSPS) is 10.6. The second kappa shape index (κ2) is 8.20. The van der Waals surface area contributed by atoms with Gasteiger partial charge in [0.05, 0.1) is 0 Å². The van der Waals surface area contributed by atoms with Crippen LogP contribution in [0, 0.1) is 6.92 Å². The summed E-state index contributed by atoms with van der Waals surface area (Å²) in [5.74, 6) is 0.939. The predicted octanol–water partition coefficient (Wildman–Crippen LogP) is 4.84. The summed E-state index contributed by atoms with van der Waals surface area (Å²) in [5.41, 5.74) is 3.69. The Morgan fingerprint density at radius 3 is 2.57 bits per heavy atom. The molecule has 0 amide bonds. The van der Waals surface area contributed by atoms with E-state index in [-0.39, 0.29) is 0 Å². The molecule has 0 fully saturated rings. The third-order valence-corrected chi connectivity index (χ3v) is 3.87. The van der Waals surface area contributed by atoms with Crippen LogP contribution in [0.2, 0.25) is 0 Å². The quantitative estimate of drug-likeness (QED) is 0.723. The Bertz CT molecular complexity index is 583. The summed E-state index contributed by atoms with van der Waals surface area (Å²) in [7, 11) is 0. The Morgan fingerprint density at radius 1 is 1.10 bits per heavy atom. The summed E-state index contributed by atoms with van der Waals surface area (Å²) >= 11 is 3.48. The fourth-order valence-corrected chi connectivity index (χ4v) is 2.68. The first-order valence-electron chi connectivity index (χ1n) is 7.37. The molecule has 0 saturated heterocycles. The Hall–Kier alpha value is -1.32. The van der Waals surface area contributed by atoms with Gasteiger partial charge < -0.3 is 10.1 Å². The van der Waals surface area contributed by atoms with Crippen LogP contribution in [-0.4, -0.2) is 6.54 Å². The minimum atomic E-state index is 0.604. The average Bonchev–Trinajstić information content (AvgIpc) is 2.48. The van der Waals surface area contributed by atoms with Gasteiger partial charge >= 0.3 is 0 Å². The molecule has 0 saturated carbocycles. The van der Waals surface area contributed by atoms with Gasteiger partial charge in [0, 0.05) is 11.0 Å². The Labute approximate surface area is 135 Å². The van der Waals surface area contributed by atoms with Gasteiger partial charge in [0.25, 0.3) is 0 Å². The molecule has 0 heterocycles. The molecule has 3 heteroatoms. The first-order valence-corrected chi connectivity index (χ1v) is 8.16. The molecular formula is C18H22BrNO. The molecular weight excluding hydrogens is 326 g/mol. The molecule has 0 unspecified atom stereocenters. The highest BCUT2D eigenvalue weighted by Gasteiger charge is 2.04. The van der Waals surface area contributed by atoms with Crippen molar-refractivity contribution in [3.63, 3.8) is 0 Å². The SMILES string of the molecule is CCCNCc1ccccc1COc1ccc(Br)cc1C. The van der Waals surface area contributed by atoms with Gasteiger partial charge in [0.2, 0.25) is 0 Å². The van der Waals surface area contributed by atoms with Crippen molar-refractivity contribution in [2.24, 2.45) is 0 Å². The van der Waals surface area contributed by atoms with Gasteiger partial charge in [-0.05, 0) is 54.8 Å². The van der Waals surface area contributed by atoms with Crippen LogP contribution >= 0.6 is 15.9 Å². The molecule has 2 aromatic carbocycles. The van der Waals surface area contributed by atoms with Crippen molar-refractivity contribution in [3.05, 3.63) is 63.6 Å². The highest BCUT2D eigenvalue weighted by Crippen LogP contribution is 2.23. The van der Waals surface area contributed by atoms with Crippen LogP contribution < -0.4 is 10.1 Å². The molecule has 2 aromatic rings. The molecule has 2 nitrogen and oxygen atoms in total. The zero-order chi connectivity index (χ0) is 15.1. The van der Waals surface area contributed by atoms with E-state index in [4.69, 9.17) is 4.74 Å². The lowest BCUT2D eigenvalue weighted by molar-refractivity contribution is 0.302. The number of aryl methyl sites for hydroxylation is 1. The van der Waals surface area contributed by atoms with Gasteiger partial charge in [-0.15, -0.1) is 0 Å². The average molecular weight is 348 g/mol. The second-order valence-electron chi connectivity index (χ2n) is 5.14. The van der Waals surface area contributed by atoms with E-state index in [1.807, 2.05) is 12.1 Å².